The van der Waals surface area contributed by atoms with Gasteiger partial charge >= 0.3 is 0 Å². The molecule has 1 fully saturated rings. The number of aromatic amines is 1. The number of carbonyl (C=O) groups is 2. The Morgan fingerprint density at radius 1 is 1.32 bits per heavy atom. The molecular weight excluding hydrogens is 374 g/mol. The zero-order chi connectivity index (χ0) is 19.8. The maximum Gasteiger partial charge on any atom is 0.217 e. The largest absolute Gasteiger partial charge is 0.370 e. The number of ketones is 1. The van der Waals surface area contributed by atoms with Crippen molar-refractivity contribution in [2.45, 2.75) is 56.0 Å². The highest BCUT2D eigenvalue weighted by Gasteiger charge is 2.31. The molecule has 28 heavy (non-hydrogen) atoms. The van der Waals surface area contributed by atoms with Crippen LogP contribution in [-0.4, -0.2) is 36.7 Å². The van der Waals surface area contributed by atoms with Crippen LogP contribution in [0, 0.1) is 6.92 Å². The SMILES string of the molecule is Cc1[nH]c2ccccc2c1C(=O)C(C)Sc1nnc(CCC(N)=O)n1C1CC1. The van der Waals surface area contributed by atoms with Gasteiger partial charge in [0.25, 0.3) is 0 Å². The summed E-state index contributed by atoms with van der Waals surface area (Å²) >= 11 is 1.43. The van der Waals surface area contributed by atoms with Crippen molar-refractivity contribution >= 4 is 34.4 Å². The third kappa shape index (κ3) is 3.56. The van der Waals surface area contributed by atoms with E-state index in [9.17, 15) is 9.59 Å². The summed E-state index contributed by atoms with van der Waals surface area (Å²) in [6, 6.07) is 8.21. The summed E-state index contributed by atoms with van der Waals surface area (Å²) in [4.78, 5) is 27.6. The number of rotatable bonds is 8. The molecule has 4 rings (SSSR count). The van der Waals surface area contributed by atoms with E-state index in [1.165, 1.54) is 11.8 Å². The number of nitrogens with zero attached hydrogens (tertiary/aromatic N) is 3. The number of amides is 1. The highest BCUT2D eigenvalue weighted by molar-refractivity contribution is 8.00. The van der Waals surface area contributed by atoms with Gasteiger partial charge in [-0.1, -0.05) is 30.0 Å². The number of primary amides is 1. The Labute approximate surface area is 167 Å². The number of fused-ring (bicyclic) bond motifs is 1. The molecule has 1 amide bonds. The first-order valence-electron chi connectivity index (χ1n) is 9.46. The van der Waals surface area contributed by atoms with Crippen molar-refractivity contribution in [1.29, 1.82) is 0 Å². The van der Waals surface area contributed by atoms with E-state index in [1.54, 1.807) is 0 Å². The zero-order valence-electron chi connectivity index (χ0n) is 15.9. The van der Waals surface area contributed by atoms with E-state index in [-0.39, 0.29) is 23.4 Å². The van der Waals surface area contributed by atoms with Gasteiger partial charge in [0.05, 0.1) is 5.25 Å². The second-order valence-corrected chi connectivity index (χ2v) is 8.57. The molecule has 1 aliphatic carbocycles. The Kier molecular flexibility index (Phi) is 4.97. The Hall–Kier alpha value is -2.61. The molecule has 2 heterocycles. The van der Waals surface area contributed by atoms with Crippen LogP contribution < -0.4 is 5.73 Å². The number of hydrogen-bond donors (Lipinski definition) is 2. The Bertz CT molecular complexity index is 1050. The van der Waals surface area contributed by atoms with Crippen molar-refractivity contribution in [3.05, 3.63) is 41.3 Å². The zero-order valence-corrected chi connectivity index (χ0v) is 16.8. The van der Waals surface area contributed by atoms with Gasteiger partial charge in [0.15, 0.2) is 10.9 Å². The third-order valence-electron chi connectivity index (χ3n) is 5.03. The number of nitrogens with two attached hydrogens (primary N) is 1. The fourth-order valence-electron chi connectivity index (χ4n) is 3.50. The van der Waals surface area contributed by atoms with Gasteiger partial charge in [-0.3, -0.25) is 9.59 Å². The molecule has 0 saturated heterocycles. The van der Waals surface area contributed by atoms with Crippen molar-refractivity contribution in [3.63, 3.8) is 0 Å². The summed E-state index contributed by atoms with van der Waals surface area (Å²) in [6.07, 6.45) is 2.86. The maximum absolute atomic E-state index is 13.2. The normalized spacial score (nSPS) is 15.1. The minimum absolute atomic E-state index is 0.0731. The first-order chi connectivity index (χ1) is 13.5. The molecule has 7 nitrogen and oxygen atoms in total. The summed E-state index contributed by atoms with van der Waals surface area (Å²) < 4.78 is 2.08. The molecule has 0 spiro atoms. The van der Waals surface area contributed by atoms with E-state index in [0.717, 1.165) is 46.0 Å². The predicted octanol–water partition coefficient (Wildman–Crippen LogP) is 3.18. The van der Waals surface area contributed by atoms with Crippen LogP contribution in [0.5, 0.6) is 0 Å². The Morgan fingerprint density at radius 2 is 2.07 bits per heavy atom. The second-order valence-electron chi connectivity index (χ2n) is 7.26. The van der Waals surface area contributed by atoms with Gasteiger partial charge in [0, 0.05) is 41.0 Å². The predicted molar refractivity (Wildman–Crippen MR) is 108 cm³/mol. The molecule has 3 N–H and O–H groups in total. The van der Waals surface area contributed by atoms with Gasteiger partial charge in [-0.25, -0.2) is 0 Å². The van der Waals surface area contributed by atoms with Crippen LogP contribution in [0.4, 0.5) is 0 Å². The number of thioether (sulfide) groups is 1. The molecule has 1 saturated carbocycles. The smallest absolute Gasteiger partial charge is 0.217 e. The quantitative estimate of drug-likeness (QED) is 0.448. The minimum Gasteiger partial charge on any atom is -0.370 e. The van der Waals surface area contributed by atoms with Crippen LogP contribution in [-0.2, 0) is 11.2 Å². The third-order valence-corrected chi connectivity index (χ3v) is 6.09. The van der Waals surface area contributed by atoms with E-state index < -0.39 is 0 Å². The van der Waals surface area contributed by atoms with Gasteiger partial charge in [0.1, 0.15) is 5.82 Å². The lowest BCUT2D eigenvalue weighted by molar-refractivity contribution is -0.118. The van der Waals surface area contributed by atoms with Crippen LogP contribution in [0.1, 0.15) is 54.1 Å². The van der Waals surface area contributed by atoms with Crippen LogP contribution >= 0.6 is 11.8 Å². The Balaban J connectivity index is 1.58. The highest BCUT2D eigenvalue weighted by Crippen LogP contribution is 2.40. The lowest BCUT2D eigenvalue weighted by Gasteiger charge is -2.12. The average molecular weight is 398 g/mol. The molecule has 146 valence electrons. The van der Waals surface area contributed by atoms with Crippen molar-refractivity contribution in [2.75, 3.05) is 0 Å². The first kappa shape index (κ1) is 18.7. The van der Waals surface area contributed by atoms with E-state index >= 15 is 0 Å². The van der Waals surface area contributed by atoms with Gasteiger partial charge in [-0.15, -0.1) is 10.2 Å². The molecule has 0 bridgehead atoms. The average Bonchev–Trinajstić information content (AvgIpc) is 3.33. The monoisotopic (exact) mass is 397 g/mol. The molecule has 1 aromatic carbocycles. The molecule has 1 aliphatic rings. The van der Waals surface area contributed by atoms with Crippen molar-refractivity contribution < 1.29 is 9.59 Å². The van der Waals surface area contributed by atoms with Gasteiger partial charge in [0.2, 0.25) is 5.91 Å². The fourth-order valence-corrected chi connectivity index (χ4v) is 4.50. The van der Waals surface area contributed by atoms with Crippen molar-refractivity contribution in [1.82, 2.24) is 19.7 Å². The van der Waals surface area contributed by atoms with Crippen molar-refractivity contribution in [3.8, 4) is 0 Å². The summed E-state index contributed by atoms with van der Waals surface area (Å²) in [5.74, 6) is 0.494. The highest BCUT2D eigenvalue weighted by atomic mass is 32.2. The fraction of sp³-hybridized carbons (Fsp3) is 0.400. The van der Waals surface area contributed by atoms with E-state index in [2.05, 4.69) is 19.7 Å². The standard InChI is InChI=1S/C20H23N5O2S/c1-11-18(14-5-3-4-6-15(14)22-11)19(27)12(2)28-20-24-23-17(10-9-16(21)26)25(20)13-7-8-13/h3-6,12-13,22H,7-10H2,1-2H3,(H2,21,26). The van der Waals surface area contributed by atoms with Gasteiger partial charge in [-0.05, 0) is 32.8 Å². The van der Waals surface area contributed by atoms with Crippen LogP contribution in [0.3, 0.4) is 0 Å². The molecule has 2 aromatic heterocycles. The first-order valence-corrected chi connectivity index (χ1v) is 10.3. The number of nitrogens with one attached hydrogen (secondary N) is 1. The maximum atomic E-state index is 13.2. The number of carbonyl (C=O) groups excluding carboxylic acids is 2. The van der Waals surface area contributed by atoms with Crippen LogP contribution in [0.25, 0.3) is 10.9 Å². The molecule has 1 atom stereocenters. The summed E-state index contributed by atoms with van der Waals surface area (Å²) in [6.45, 7) is 3.84. The Morgan fingerprint density at radius 3 is 2.79 bits per heavy atom. The number of aryl methyl sites for hydroxylation is 2. The second kappa shape index (κ2) is 7.43. The summed E-state index contributed by atoms with van der Waals surface area (Å²) in [5, 5.41) is 9.95. The molecule has 0 radical (unpaired) electrons. The van der Waals surface area contributed by atoms with Crippen LogP contribution in [0.2, 0.25) is 0 Å². The van der Waals surface area contributed by atoms with Crippen LogP contribution in [0.15, 0.2) is 29.4 Å². The number of aromatic nitrogens is 4. The number of benzene rings is 1. The molecule has 3 aromatic rings. The topological polar surface area (TPSA) is 107 Å². The minimum atomic E-state index is -0.349. The van der Waals surface area contributed by atoms with E-state index in [1.807, 2.05) is 38.1 Å². The van der Waals surface area contributed by atoms with E-state index in [0.29, 0.717) is 12.5 Å². The number of Topliss-reactive ketones (excluding diaryl/α,β-unsaturated/α-hetero) is 1. The molecule has 0 aliphatic heterocycles. The number of para-hydroxylation sites is 1. The molecule has 1 unspecified atom stereocenters. The molecular formula is C20H23N5O2S. The lowest BCUT2D eigenvalue weighted by atomic mass is 10.1. The van der Waals surface area contributed by atoms with Gasteiger partial charge < -0.3 is 15.3 Å². The number of H-pyrrole nitrogens is 1. The number of hydrogen-bond acceptors (Lipinski definition) is 5. The van der Waals surface area contributed by atoms with E-state index in [4.69, 9.17) is 5.73 Å². The lowest BCUT2D eigenvalue weighted by Crippen LogP contribution is -2.16. The summed E-state index contributed by atoms with van der Waals surface area (Å²) in [5.41, 5.74) is 7.86. The summed E-state index contributed by atoms with van der Waals surface area (Å²) in [7, 11) is 0. The molecule has 8 heteroatoms. The van der Waals surface area contributed by atoms with Gasteiger partial charge in [-0.2, -0.15) is 0 Å². The van der Waals surface area contributed by atoms with Crippen molar-refractivity contribution in [2.24, 2.45) is 5.73 Å².